The third kappa shape index (κ3) is 4.06. The number of hydrogen-bond acceptors (Lipinski definition) is 6. The summed E-state index contributed by atoms with van der Waals surface area (Å²) in [5.74, 6) is -2.14. The second-order valence-corrected chi connectivity index (χ2v) is 8.13. The van der Waals surface area contributed by atoms with Gasteiger partial charge in [-0.05, 0) is 32.0 Å². The van der Waals surface area contributed by atoms with Gasteiger partial charge in [0.2, 0.25) is 5.91 Å². The molecule has 34 heavy (non-hydrogen) atoms. The number of amides is 1. The minimum Gasteiger partial charge on any atom is -0.327 e. The van der Waals surface area contributed by atoms with Gasteiger partial charge in [0.1, 0.15) is 17.3 Å². The SMILES string of the molecule is CC1(C)c2nc(-c3ccc(F)c(F)c3)c(Nc3cncc(C(F)(F)F)n3)n2CCN1C(=O)CN. The van der Waals surface area contributed by atoms with Gasteiger partial charge < -0.3 is 20.5 Å². The Balaban J connectivity index is 1.88. The predicted octanol–water partition coefficient (Wildman–Crippen LogP) is 3.42. The minimum absolute atomic E-state index is 0.142. The molecule has 0 aliphatic carbocycles. The Morgan fingerprint density at radius 3 is 2.53 bits per heavy atom. The van der Waals surface area contributed by atoms with Crippen LogP contribution in [0, 0.1) is 11.6 Å². The molecule has 3 N–H and O–H groups in total. The summed E-state index contributed by atoms with van der Waals surface area (Å²) in [6.07, 6.45) is -3.02. The van der Waals surface area contributed by atoms with Gasteiger partial charge in [-0.3, -0.25) is 9.78 Å². The van der Waals surface area contributed by atoms with Crippen LogP contribution in [0.4, 0.5) is 33.6 Å². The van der Waals surface area contributed by atoms with E-state index in [1.807, 2.05) is 0 Å². The largest absolute Gasteiger partial charge is 0.434 e. The molecule has 3 aromatic rings. The van der Waals surface area contributed by atoms with Gasteiger partial charge in [-0.15, -0.1) is 0 Å². The number of nitrogens with zero attached hydrogens (tertiary/aromatic N) is 5. The molecule has 13 heteroatoms. The van der Waals surface area contributed by atoms with Crippen molar-refractivity contribution in [1.29, 1.82) is 0 Å². The first-order chi connectivity index (χ1) is 15.9. The molecule has 8 nitrogen and oxygen atoms in total. The molecule has 1 amide bonds. The number of imidazole rings is 1. The summed E-state index contributed by atoms with van der Waals surface area (Å²) in [4.78, 5) is 25.7. The van der Waals surface area contributed by atoms with Gasteiger partial charge in [-0.2, -0.15) is 13.2 Å². The lowest BCUT2D eigenvalue weighted by molar-refractivity contribution is -0.141. The molecule has 0 spiro atoms. The highest BCUT2D eigenvalue weighted by Gasteiger charge is 2.41. The summed E-state index contributed by atoms with van der Waals surface area (Å²) in [5, 5.41) is 2.80. The van der Waals surface area contributed by atoms with E-state index in [-0.39, 0.29) is 48.4 Å². The number of anilines is 2. The number of carbonyl (C=O) groups is 1. The highest BCUT2D eigenvalue weighted by molar-refractivity contribution is 5.80. The van der Waals surface area contributed by atoms with Crippen LogP contribution < -0.4 is 11.1 Å². The molecule has 0 saturated carbocycles. The first kappa shape index (κ1) is 23.5. The van der Waals surface area contributed by atoms with Crippen LogP contribution in [0.1, 0.15) is 25.4 Å². The highest BCUT2D eigenvalue weighted by atomic mass is 19.4. The number of hydrogen-bond donors (Lipinski definition) is 2. The maximum Gasteiger partial charge on any atom is 0.434 e. The van der Waals surface area contributed by atoms with Crippen molar-refractivity contribution in [1.82, 2.24) is 24.4 Å². The van der Waals surface area contributed by atoms with E-state index in [9.17, 15) is 26.7 Å². The lowest BCUT2D eigenvalue weighted by Gasteiger charge is -2.42. The Labute approximate surface area is 190 Å². The molecule has 3 heterocycles. The van der Waals surface area contributed by atoms with Crippen molar-refractivity contribution in [3.8, 4) is 11.3 Å². The zero-order valence-corrected chi connectivity index (χ0v) is 18.1. The van der Waals surface area contributed by atoms with Gasteiger partial charge in [-0.1, -0.05) is 0 Å². The number of halogens is 5. The number of benzene rings is 1. The van der Waals surface area contributed by atoms with E-state index in [0.29, 0.717) is 12.0 Å². The van der Waals surface area contributed by atoms with E-state index in [1.165, 1.54) is 11.0 Å². The number of aromatic nitrogens is 4. The fraction of sp³-hybridized carbons (Fsp3) is 0.333. The lowest BCUT2D eigenvalue weighted by atomic mass is 9.99. The molecule has 180 valence electrons. The van der Waals surface area contributed by atoms with Gasteiger partial charge in [-0.25, -0.2) is 18.7 Å². The van der Waals surface area contributed by atoms with Crippen LogP contribution in [0.15, 0.2) is 30.6 Å². The summed E-state index contributed by atoms with van der Waals surface area (Å²) in [7, 11) is 0. The topological polar surface area (TPSA) is 102 Å². The Bertz CT molecular complexity index is 1250. The molecular formula is C21H20F5N7O. The Hall–Kier alpha value is -3.61. The lowest BCUT2D eigenvalue weighted by Crippen LogP contribution is -2.53. The van der Waals surface area contributed by atoms with Crippen LogP contribution in [-0.4, -0.2) is 43.4 Å². The van der Waals surface area contributed by atoms with Crippen molar-refractivity contribution in [2.24, 2.45) is 5.73 Å². The molecule has 1 aromatic carbocycles. The number of rotatable bonds is 4. The van der Waals surface area contributed by atoms with Crippen molar-refractivity contribution in [2.45, 2.75) is 32.1 Å². The van der Waals surface area contributed by atoms with Crippen LogP contribution >= 0.6 is 0 Å². The Morgan fingerprint density at radius 2 is 1.88 bits per heavy atom. The van der Waals surface area contributed by atoms with E-state index in [2.05, 4.69) is 20.3 Å². The summed E-state index contributed by atoms with van der Waals surface area (Å²) < 4.78 is 68.6. The molecule has 1 aliphatic rings. The first-order valence-electron chi connectivity index (χ1n) is 10.2. The van der Waals surface area contributed by atoms with Crippen LogP contribution in [0.5, 0.6) is 0 Å². The fourth-order valence-electron chi connectivity index (χ4n) is 3.94. The molecule has 0 bridgehead atoms. The molecule has 0 fully saturated rings. The molecule has 0 unspecified atom stereocenters. The summed E-state index contributed by atoms with van der Waals surface area (Å²) in [5.41, 5.74) is 3.70. The second-order valence-electron chi connectivity index (χ2n) is 8.13. The van der Waals surface area contributed by atoms with E-state index >= 15 is 0 Å². The van der Waals surface area contributed by atoms with Gasteiger partial charge in [0.05, 0.1) is 24.5 Å². The van der Waals surface area contributed by atoms with Crippen LogP contribution in [0.2, 0.25) is 0 Å². The van der Waals surface area contributed by atoms with Crippen LogP contribution in [0.25, 0.3) is 11.3 Å². The zero-order valence-electron chi connectivity index (χ0n) is 18.1. The van der Waals surface area contributed by atoms with Crippen molar-refractivity contribution in [3.63, 3.8) is 0 Å². The molecule has 0 saturated heterocycles. The third-order valence-electron chi connectivity index (χ3n) is 5.58. The number of carbonyl (C=O) groups excluding carboxylic acids is 1. The van der Waals surface area contributed by atoms with E-state index in [0.717, 1.165) is 18.3 Å². The zero-order chi connectivity index (χ0) is 24.8. The van der Waals surface area contributed by atoms with E-state index in [1.54, 1.807) is 18.4 Å². The highest BCUT2D eigenvalue weighted by Crippen LogP contribution is 2.39. The smallest absolute Gasteiger partial charge is 0.327 e. The first-order valence-corrected chi connectivity index (χ1v) is 10.2. The van der Waals surface area contributed by atoms with Crippen molar-refractivity contribution < 1.29 is 26.7 Å². The molecule has 0 radical (unpaired) electrons. The van der Waals surface area contributed by atoms with Gasteiger partial charge in [0, 0.05) is 18.7 Å². The maximum atomic E-state index is 14.0. The average Bonchev–Trinajstić information content (AvgIpc) is 3.14. The molecule has 4 rings (SSSR count). The number of nitrogens with two attached hydrogens (primary N) is 1. The van der Waals surface area contributed by atoms with E-state index in [4.69, 9.17) is 5.73 Å². The van der Waals surface area contributed by atoms with Crippen LogP contribution in [0.3, 0.4) is 0 Å². The van der Waals surface area contributed by atoms with Gasteiger partial charge >= 0.3 is 6.18 Å². The second kappa shape index (κ2) is 8.31. The Morgan fingerprint density at radius 1 is 1.15 bits per heavy atom. The molecular weight excluding hydrogens is 461 g/mol. The van der Waals surface area contributed by atoms with Crippen molar-refractivity contribution >= 4 is 17.5 Å². The number of alkyl halides is 3. The number of nitrogens with one attached hydrogen (secondary N) is 1. The third-order valence-corrected chi connectivity index (χ3v) is 5.58. The summed E-state index contributed by atoms with van der Waals surface area (Å²) >= 11 is 0. The molecule has 0 atom stereocenters. The Kier molecular flexibility index (Phi) is 5.75. The van der Waals surface area contributed by atoms with Crippen molar-refractivity contribution in [3.05, 3.63) is 53.7 Å². The molecule has 2 aromatic heterocycles. The van der Waals surface area contributed by atoms with Crippen molar-refractivity contribution in [2.75, 3.05) is 18.4 Å². The van der Waals surface area contributed by atoms with Crippen LogP contribution in [-0.2, 0) is 23.1 Å². The standard InChI is InChI=1S/C21H20F5N7O/c1-20(2)19-31-17(11-3-4-12(22)13(23)7-11)18(32(19)5-6-33(20)16(34)8-27)30-15-10-28-9-14(29-15)21(24,25)26/h3-4,7,9-10H,5-6,8,27H2,1-2H3,(H,29,30). The van der Waals surface area contributed by atoms with E-state index < -0.39 is 29.0 Å². The quantitative estimate of drug-likeness (QED) is 0.554. The maximum absolute atomic E-state index is 14.0. The van der Waals surface area contributed by atoms with Gasteiger partial charge in [0.25, 0.3) is 0 Å². The summed E-state index contributed by atoms with van der Waals surface area (Å²) in [6.45, 7) is 3.72. The fourth-order valence-corrected chi connectivity index (χ4v) is 3.94. The minimum atomic E-state index is -4.71. The normalized spacial score (nSPS) is 15.2. The average molecular weight is 481 g/mol. The monoisotopic (exact) mass is 481 g/mol. The molecule has 1 aliphatic heterocycles. The number of fused-ring (bicyclic) bond motifs is 1. The van der Waals surface area contributed by atoms with Gasteiger partial charge in [0.15, 0.2) is 23.1 Å². The summed E-state index contributed by atoms with van der Waals surface area (Å²) in [6, 6.07) is 3.15. The predicted molar refractivity (Wildman–Crippen MR) is 112 cm³/mol.